The minimum Gasteiger partial charge on any atom is -0.460 e. The number of furan rings is 1. The number of nitrogens with one attached hydrogen (secondary N) is 1. The molecule has 1 aliphatic carbocycles. The lowest BCUT2D eigenvalue weighted by atomic mass is 9.95. The lowest BCUT2D eigenvalue weighted by Gasteiger charge is -2.11. The summed E-state index contributed by atoms with van der Waals surface area (Å²) >= 11 is 0. The van der Waals surface area contributed by atoms with Crippen LogP contribution in [0.4, 0.5) is 5.69 Å². The van der Waals surface area contributed by atoms with Crippen LogP contribution in [0.1, 0.15) is 35.8 Å². The van der Waals surface area contributed by atoms with Crippen LogP contribution in [-0.4, -0.2) is 7.05 Å². The van der Waals surface area contributed by atoms with Gasteiger partial charge in [0.25, 0.3) is 0 Å². The Bertz CT molecular complexity index is 1370. The van der Waals surface area contributed by atoms with Crippen molar-refractivity contribution in [1.29, 1.82) is 0 Å². The summed E-state index contributed by atoms with van der Waals surface area (Å²) in [6.07, 6.45) is 8.14. The van der Waals surface area contributed by atoms with E-state index >= 15 is 0 Å². The van der Waals surface area contributed by atoms with E-state index in [4.69, 9.17) is 4.42 Å². The van der Waals surface area contributed by atoms with Gasteiger partial charge in [-0.3, -0.25) is 0 Å². The zero-order valence-corrected chi connectivity index (χ0v) is 18.6. The lowest BCUT2D eigenvalue weighted by Crippen LogP contribution is -1.91. The molecule has 2 heteroatoms. The topological polar surface area (TPSA) is 25.2 Å². The van der Waals surface area contributed by atoms with Gasteiger partial charge in [-0.25, -0.2) is 0 Å². The second kappa shape index (κ2) is 8.39. The first-order chi connectivity index (χ1) is 15.7. The number of hydrogen-bond donors (Lipinski definition) is 1. The van der Waals surface area contributed by atoms with Gasteiger partial charge in [0.2, 0.25) is 0 Å². The van der Waals surface area contributed by atoms with Gasteiger partial charge in [0.05, 0.1) is 0 Å². The summed E-state index contributed by atoms with van der Waals surface area (Å²) in [4.78, 5) is 0. The Morgan fingerprint density at radius 2 is 1.59 bits per heavy atom. The molecule has 1 N–H and O–H groups in total. The monoisotopic (exact) mass is 417 g/mol. The van der Waals surface area contributed by atoms with Crippen molar-refractivity contribution < 1.29 is 4.42 Å². The lowest BCUT2D eigenvalue weighted by molar-refractivity contribution is 0.555. The number of fused-ring (bicyclic) bond motifs is 1. The zero-order valence-electron chi connectivity index (χ0n) is 18.6. The Labute approximate surface area is 189 Å². The maximum Gasteiger partial charge on any atom is 0.142 e. The molecule has 0 spiro atoms. The predicted molar refractivity (Wildman–Crippen MR) is 138 cm³/mol. The average Bonchev–Trinajstić information content (AvgIpc) is 3.48. The summed E-state index contributed by atoms with van der Waals surface area (Å²) in [6, 6.07) is 23.7. The Hall–Kier alpha value is -3.78. The summed E-state index contributed by atoms with van der Waals surface area (Å²) < 4.78 is 6.27. The molecule has 1 aromatic heterocycles. The van der Waals surface area contributed by atoms with Crippen LogP contribution in [0.2, 0.25) is 0 Å². The highest BCUT2D eigenvalue weighted by Crippen LogP contribution is 2.39. The summed E-state index contributed by atoms with van der Waals surface area (Å²) in [5, 5.41) is 4.43. The van der Waals surface area contributed by atoms with Gasteiger partial charge < -0.3 is 9.73 Å². The van der Waals surface area contributed by atoms with Gasteiger partial charge in [-0.15, -0.1) is 0 Å². The molecule has 0 amide bonds. The predicted octanol–water partition coefficient (Wildman–Crippen LogP) is 8.22. The van der Waals surface area contributed by atoms with Gasteiger partial charge in [0, 0.05) is 41.2 Å². The number of anilines is 1. The molecule has 5 rings (SSSR count). The Balaban J connectivity index is 1.41. The van der Waals surface area contributed by atoms with Crippen LogP contribution in [0.25, 0.3) is 39.3 Å². The Kier molecular flexibility index (Phi) is 5.28. The highest BCUT2D eigenvalue weighted by Gasteiger charge is 2.19. The summed E-state index contributed by atoms with van der Waals surface area (Å²) in [5.74, 6) is 1.01. The van der Waals surface area contributed by atoms with E-state index in [0.717, 1.165) is 40.8 Å². The quantitative estimate of drug-likeness (QED) is 0.342. The first-order valence-electron chi connectivity index (χ1n) is 11.2. The number of aryl methyl sites for hydroxylation is 1. The molecule has 0 atom stereocenters. The summed E-state index contributed by atoms with van der Waals surface area (Å²) in [6.45, 7) is 6.11. The highest BCUT2D eigenvalue weighted by atomic mass is 16.3. The molecule has 0 saturated carbocycles. The molecule has 2 nitrogen and oxygen atoms in total. The van der Waals surface area contributed by atoms with Crippen molar-refractivity contribution >= 4 is 33.9 Å². The third-order valence-electron chi connectivity index (χ3n) is 6.33. The number of para-hydroxylation sites is 2. The minimum absolute atomic E-state index is 0.862. The van der Waals surface area contributed by atoms with Crippen LogP contribution >= 0.6 is 0 Å². The van der Waals surface area contributed by atoms with Crippen molar-refractivity contribution in [3.05, 3.63) is 108 Å². The second-order valence-electron chi connectivity index (χ2n) is 8.11. The molecule has 0 radical (unpaired) electrons. The first kappa shape index (κ1) is 20.1. The molecule has 0 aliphatic heterocycles. The maximum atomic E-state index is 6.27. The summed E-state index contributed by atoms with van der Waals surface area (Å²) in [7, 11) is 1.96. The number of benzene rings is 3. The van der Waals surface area contributed by atoms with E-state index < -0.39 is 0 Å². The molecule has 0 fully saturated rings. The largest absolute Gasteiger partial charge is 0.460 e. The van der Waals surface area contributed by atoms with Crippen LogP contribution in [-0.2, 0) is 6.42 Å². The molecule has 4 aromatic rings. The van der Waals surface area contributed by atoms with E-state index in [9.17, 15) is 0 Å². The Morgan fingerprint density at radius 3 is 2.34 bits per heavy atom. The fourth-order valence-electron chi connectivity index (χ4n) is 4.65. The smallest absolute Gasteiger partial charge is 0.142 e. The first-order valence-corrected chi connectivity index (χ1v) is 11.2. The van der Waals surface area contributed by atoms with Gasteiger partial charge in [0.15, 0.2) is 0 Å². The van der Waals surface area contributed by atoms with Crippen LogP contribution in [0, 0.1) is 0 Å². The van der Waals surface area contributed by atoms with Crippen molar-refractivity contribution in [3.63, 3.8) is 0 Å². The molecule has 32 heavy (non-hydrogen) atoms. The van der Waals surface area contributed by atoms with E-state index in [1.807, 2.05) is 13.1 Å². The maximum absolute atomic E-state index is 6.27. The van der Waals surface area contributed by atoms with E-state index in [1.165, 1.54) is 33.4 Å². The normalized spacial score (nSPS) is 13.2. The van der Waals surface area contributed by atoms with Crippen LogP contribution in [0.15, 0.2) is 89.9 Å². The van der Waals surface area contributed by atoms with Crippen LogP contribution < -0.4 is 5.32 Å². The standard InChI is InChI=1S/C30H27NO/c1-4-24-27-11-8-10-26(30(27)32-29(24)5-2)23-18-17-22(19-23)20-13-15-21(16-14-20)25-9-6-7-12-28(25)31-3/h4,6-18,31H,1,5,19H2,2-3H3. The van der Waals surface area contributed by atoms with Crippen molar-refractivity contribution in [3.8, 4) is 11.1 Å². The van der Waals surface area contributed by atoms with E-state index in [2.05, 4.69) is 97.7 Å². The fraction of sp³-hybridized carbons (Fsp3) is 0.133. The summed E-state index contributed by atoms with van der Waals surface area (Å²) in [5.41, 5.74) is 10.7. The SMILES string of the molecule is C=Cc1c(CC)oc2c(C3=CC=C(c4ccc(-c5ccccc5NC)cc4)C3)cccc12. The van der Waals surface area contributed by atoms with Crippen molar-refractivity contribution in [1.82, 2.24) is 0 Å². The van der Waals surface area contributed by atoms with E-state index in [1.54, 1.807) is 0 Å². The van der Waals surface area contributed by atoms with E-state index in [-0.39, 0.29) is 0 Å². The third-order valence-corrected chi connectivity index (χ3v) is 6.33. The molecule has 0 bridgehead atoms. The third kappa shape index (κ3) is 3.38. The molecular weight excluding hydrogens is 390 g/mol. The van der Waals surface area contributed by atoms with Gasteiger partial charge in [-0.05, 0) is 34.8 Å². The number of allylic oxidation sites excluding steroid dienone is 4. The molecule has 158 valence electrons. The zero-order chi connectivity index (χ0) is 22.1. The molecule has 1 aliphatic rings. The molecule has 1 heterocycles. The average molecular weight is 418 g/mol. The number of hydrogen-bond acceptors (Lipinski definition) is 2. The highest BCUT2D eigenvalue weighted by molar-refractivity contribution is 5.99. The van der Waals surface area contributed by atoms with Crippen LogP contribution in [0.5, 0.6) is 0 Å². The van der Waals surface area contributed by atoms with Gasteiger partial charge in [-0.2, -0.15) is 0 Å². The Morgan fingerprint density at radius 1 is 0.875 bits per heavy atom. The second-order valence-corrected chi connectivity index (χ2v) is 8.11. The minimum atomic E-state index is 0.862. The molecular formula is C30H27NO. The van der Waals surface area contributed by atoms with Gasteiger partial charge in [-0.1, -0.05) is 92.4 Å². The van der Waals surface area contributed by atoms with Crippen molar-refractivity contribution in [2.45, 2.75) is 19.8 Å². The van der Waals surface area contributed by atoms with E-state index in [0.29, 0.717) is 0 Å². The van der Waals surface area contributed by atoms with Crippen LogP contribution in [0.3, 0.4) is 0 Å². The molecule has 0 saturated heterocycles. The van der Waals surface area contributed by atoms with Crippen molar-refractivity contribution in [2.75, 3.05) is 12.4 Å². The van der Waals surface area contributed by atoms with Gasteiger partial charge in [0.1, 0.15) is 11.3 Å². The van der Waals surface area contributed by atoms with Gasteiger partial charge >= 0.3 is 0 Å². The molecule has 0 unspecified atom stereocenters. The van der Waals surface area contributed by atoms with Crippen molar-refractivity contribution in [2.24, 2.45) is 0 Å². The molecule has 3 aromatic carbocycles. The number of rotatable bonds is 6. The fourth-order valence-corrected chi connectivity index (χ4v) is 4.65.